The average molecular weight is 292 g/mol. The van der Waals surface area contributed by atoms with Gasteiger partial charge in [0.25, 0.3) is 0 Å². The van der Waals surface area contributed by atoms with Crippen LogP contribution in [0.1, 0.15) is 29.7 Å². The molecule has 0 saturated carbocycles. The van der Waals surface area contributed by atoms with E-state index in [-0.39, 0.29) is 11.8 Å². The molecule has 1 unspecified atom stereocenters. The second-order valence-electron chi connectivity index (χ2n) is 4.65. The molecule has 3 N–H and O–H groups in total. The first-order valence-electron chi connectivity index (χ1n) is 6.73. The Hall–Kier alpha value is -1.98. The van der Waals surface area contributed by atoms with Crippen molar-refractivity contribution in [3.05, 3.63) is 65.2 Å². The molecule has 21 heavy (non-hydrogen) atoms. The molecule has 0 fully saturated rings. The summed E-state index contributed by atoms with van der Waals surface area (Å²) in [5.41, 5.74) is 5.88. The summed E-state index contributed by atoms with van der Waals surface area (Å²) >= 11 is 0. The normalized spacial score (nSPS) is 12.4. The summed E-state index contributed by atoms with van der Waals surface area (Å²) in [5, 5.41) is 0. The van der Waals surface area contributed by atoms with Crippen molar-refractivity contribution < 1.29 is 13.5 Å². The summed E-state index contributed by atoms with van der Waals surface area (Å²) in [6.07, 6.45) is 0.937. The highest BCUT2D eigenvalue weighted by molar-refractivity contribution is 5.37. The van der Waals surface area contributed by atoms with Crippen LogP contribution in [0.25, 0.3) is 0 Å². The molecule has 0 aromatic heterocycles. The number of hydrogen-bond acceptors (Lipinski definition) is 3. The molecule has 0 aliphatic heterocycles. The number of ether oxygens (including phenoxy) is 1. The van der Waals surface area contributed by atoms with Gasteiger partial charge in [0.05, 0.1) is 6.04 Å². The Kier molecular flexibility index (Phi) is 5.25. The first kappa shape index (κ1) is 15.4. The Morgan fingerprint density at radius 3 is 2.38 bits per heavy atom. The molecule has 0 radical (unpaired) electrons. The van der Waals surface area contributed by atoms with Gasteiger partial charge in [-0.05, 0) is 35.2 Å². The Balaban J connectivity index is 2.24. The van der Waals surface area contributed by atoms with Crippen LogP contribution in [0.4, 0.5) is 8.78 Å². The number of nitrogens with two attached hydrogens (primary N) is 1. The van der Waals surface area contributed by atoms with E-state index in [1.165, 1.54) is 17.7 Å². The third-order valence-corrected chi connectivity index (χ3v) is 3.30. The van der Waals surface area contributed by atoms with Crippen molar-refractivity contribution in [1.82, 2.24) is 5.43 Å². The van der Waals surface area contributed by atoms with Crippen molar-refractivity contribution in [2.45, 2.75) is 26.0 Å². The fourth-order valence-electron chi connectivity index (χ4n) is 2.22. The van der Waals surface area contributed by atoms with Crippen LogP contribution < -0.4 is 16.0 Å². The van der Waals surface area contributed by atoms with Crippen molar-refractivity contribution in [3.63, 3.8) is 0 Å². The Morgan fingerprint density at radius 2 is 1.81 bits per heavy atom. The van der Waals surface area contributed by atoms with E-state index in [2.05, 4.69) is 29.2 Å². The highest BCUT2D eigenvalue weighted by Gasteiger charge is 2.13. The largest absolute Gasteiger partial charge is 0.435 e. The monoisotopic (exact) mass is 292 g/mol. The maximum atomic E-state index is 12.1. The van der Waals surface area contributed by atoms with E-state index in [9.17, 15) is 8.78 Å². The zero-order valence-electron chi connectivity index (χ0n) is 11.7. The predicted molar refractivity (Wildman–Crippen MR) is 78.1 cm³/mol. The molecule has 112 valence electrons. The van der Waals surface area contributed by atoms with E-state index >= 15 is 0 Å². The molecule has 0 bridgehead atoms. The van der Waals surface area contributed by atoms with Gasteiger partial charge in [-0.15, -0.1) is 0 Å². The van der Waals surface area contributed by atoms with Gasteiger partial charge in [0, 0.05) is 0 Å². The molecule has 3 nitrogen and oxygen atoms in total. The number of alkyl halides is 2. The first-order chi connectivity index (χ1) is 10.1. The number of halogens is 2. The van der Waals surface area contributed by atoms with Crippen LogP contribution in [0.5, 0.6) is 5.75 Å². The van der Waals surface area contributed by atoms with Crippen LogP contribution in [-0.4, -0.2) is 6.61 Å². The van der Waals surface area contributed by atoms with Crippen LogP contribution in [0, 0.1) is 0 Å². The predicted octanol–water partition coefficient (Wildman–Crippen LogP) is 3.40. The molecular formula is C16H18F2N2O. The van der Waals surface area contributed by atoms with E-state index in [1.54, 1.807) is 12.1 Å². The van der Waals surface area contributed by atoms with Crippen molar-refractivity contribution in [1.29, 1.82) is 0 Å². The molecular weight excluding hydrogens is 274 g/mol. The number of hydrogen-bond donors (Lipinski definition) is 2. The van der Waals surface area contributed by atoms with Gasteiger partial charge in [-0.3, -0.25) is 5.84 Å². The summed E-state index contributed by atoms with van der Waals surface area (Å²) in [6.45, 7) is -0.735. The minimum Gasteiger partial charge on any atom is -0.435 e. The van der Waals surface area contributed by atoms with E-state index in [1.807, 2.05) is 12.1 Å². The number of hydrazine groups is 1. The van der Waals surface area contributed by atoms with E-state index in [0.29, 0.717) is 0 Å². The molecule has 0 saturated heterocycles. The van der Waals surface area contributed by atoms with E-state index < -0.39 is 6.61 Å². The van der Waals surface area contributed by atoms with Crippen LogP contribution in [0.2, 0.25) is 0 Å². The molecule has 2 aromatic carbocycles. The number of rotatable bonds is 6. The van der Waals surface area contributed by atoms with E-state index in [4.69, 9.17) is 5.84 Å². The number of aryl methyl sites for hydroxylation is 1. The second-order valence-corrected chi connectivity index (χ2v) is 4.65. The first-order valence-corrected chi connectivity index (χ1v) is 6.73. The lowest BCUT2D eigenvalue weighted by atomic mass is 9.97. The molecule has 2 rings (SSSR count). The summed E-state index contributed by atoms with van der Waals surface area (Å²) in [4.78, 5) is 0. The van der Waals surface area contributed by atoms with Gasteiger partial charge >= 0.3 is 6.61 Å². The molecule has 0 aliphatic carbocycles. The molecule has 1 atom stereocenters. The number of benzene rings is 2. The Bertz CT molecular complexity index is 573. The minimum atomic E-state index is -2.82. The third-order valence-electron chi connectivity index (χ3n) is 3.30. The standard InChI is InChI=1S/C16H18F2N2O/c1-2-11-4-3-5-13(10-11)15(20-19)12-6-8-14(9-7-12)21-16(17)18/h3-10,15-16,20H,2,19H2,1H3. The van der Waals surface area contributed by atoms with Gasteiger partial charge < -0.3 is 4.74 Å². The minimum absolute atomic E-state index is 0.131. The molecule has 0 amide bonds. The van der Waals surface area contributed by atoms with Crippen molar-refractivity contribution in [3.8, 4) is 5.75 Å². The van der Waals surface area contributed by atoms with Crippen molar-refractivity contribution in [2.24, 2.45) is 5.84 Å². The van der Waals surface area contributed by atoms with Gasteiger partial charge in [0.2, 0.25) is 0 Å². The molecule has 0 aliphatic rings. The summed E-state index contributed by atoms with van der Waals surface area (Å²) in [6, 6.07) is 14.4. The summed E-state index contributed by atoms with van der Waals surface area (Å²) < 4.78 is 28.6. The highest BCUT2D eigenvalue weighted by atomic mass is 19.3. The van der Waals surface area contributed by atoms with Gasteiger partial charge in [-0.25, -0.2) is 5.43 Å². The van der Waals surface area contributed by atoms with E-state index in [0.717, 1.165) is 17.5 Å². The van der Waals surface area contributed by atoms with Crippen molar-refractivity contribution in [2.75, 3.05) is 0 Å². The quantitative estimate of drug-likeness (QED) is 0.633. The molecule has 5 heteroatoms. The summed E-state index contributed by atoms with van der Waals surface area (Å²) in [7, 11) is 0. The fraction of sp³-hybridized carbons (Fsp3) is 0.250. The zero-order valence-corrected chi connectivity index (χ0v) is 11.7. The van der Waals surface area contributed by atoms with Crippen LogP contribution in [0.3, 0.4) is 0 Å². The highest BCUT2D eigenvalue weighted by Crippen LogP contribution is 2.25. The third kappa shape index (κ3) is 4.00. The van der Waals surface area contributed by atoms with Crippen LogP contribution in [-0.2, 0) is 6.42 Å². The second kappa shape index (κ2) is 7.15. The molecule has 0 heterocycles. The number of nitrogens with one attached hydrogen (secondary N) is 1. The van der Waals surface area contributed by atoms with Gasteiger partial charge in [-0.2, -0.15) is 8.78 Å². The smallest absolute Gasteiger partial charge is 0.387 e. The Morgan fingerprint density at radius 1 is 1.10 bits per heavy atom. The lowest BCUT2D eigenvalue weighted by Crippen LogP contribution is -2.28. The fourth-order valence-corrected chi connectivity index (χ4v) is 2.22. The SMILES string of the molecule is CCc1cccc(C(NN)c2ccc(OC(F)F)cc2)c1. The lowest BCUT2D eigenvalue weighted by Gasteiger charge is -2.18. The maximum Gasteiger partial charge on any atom is 0.387 e. The maximum absolute atomic E-state index is 12.1. The molecule has 2 aromatic rings. The van der Waals surface area contributed by atoms with Gasteiger partial charge in [0.1, 0.15) is 5.75 Å². The topological polar surface area (TPSA) is 47.3 Å². The average Bonchev–Trinajstić information content (AvgIpc) is 2.49. The molecule has 0 spiro atoms. The van der Waals surface area contributed by atoms with Crippen molar-refractivity contribution >= 4 is 0 Å². The Labute approximate surface area is 122 Å². The summed E-state index contributed by atoms with van der Waals surface area (Å²) in [5.74, 6) is 5.78. The van der Waals surface area contributed by atoms with Crippen LogP contribution >= 0.6 is 0 Å². The van der Waals surface area contributed by atoms with Gasteiger partial charge in [0.15, 0.2) is 0 Å². The van der Waals surface area contributed by atoms with Gasteiger partial charge in [-0.1, -0.05) is 43.3 Å². The lowest BCUT2D eigenvalue weighted by molar-refractivity contribution is -0.0498. The zero-order chi connectivity index (χ0) is 15.2. The van der Waals surface area contributed by atoms with Crippen LogP contribution in [0.15, 0.2) is 48.5 Å².